The van der Waals surface area contributed by atoms with Crippen molar-refractivity contribution < 1.29 is 28.6 Å². The Kier molecular flexibility index (Phi) is 7.61. The van der Waals surface area contributed by atoms with Crippen LogP contribution in [-0.4, -0.2) is 41.7 Å². The molecule has 7 heteroatoms. The van der Waals surface area contributed by atoms with Crippen molar-refractivity contribution in [1.29, 1.82) is 0 Å². The third-order valence-corrected chi connectivity index (χ3v) is 3.20. The summed E-state index contributed by atoms with van der Waals surface area (Å²) in [5, 5.41) is 0. The maximum atomic E-state index is 12.4. The van der Waals surface area contributed by atoms with Gasteiger partial charge in [-0.05, 0) is 52.7 Å². The van der Waals surface area contributed by atoms with Gasteiger partial charge in [-0.2, -0.15) is 0 Å². The number of ether oxygens (including phenoxy) is 3. The van der Waals surface area contributed by atoms with Crippen LogP contribution in [0.15, 0.2) is 6.08 Å². The van der Waals surface area contributed by atoms with Gasteiger partial charge in [-0.15, -0.1) is 0 Å². The van der Waals surface area contributed by atoms with Crippen LogP contribution < -0.4 is 0 Å². The van der Waals surface area contributed by atoms with Gasteiger partial charge < -0.3 is 19.2 Å². The summed E-state index contributed by atoms with van der Waals surface area (Å²) in [4.78, 5) is 39.2. The molecule has 0 spiro atoms. The second kappa shape index (κ2) is 9.22. The Morgan fingerprint density at radius 2 is 1.73 bits per heavy atom. The monoisotopic (exact) mass is 365 g/mol. The molecule has 0 fully saturated rings. The van der Waals surface area contributed by atoms with E-state index in [4.69, 9.17) is 14.2 Å². The van der Waals surface area contributed by atoms with Crippen LogP contribution in [0.5, 0.6) is 0 Å². The molecule has 0 aromatic carbocycles. The van der Waals surface area contributed by atoms with Crippen LogP contribution in [0.25, 0.3) is 6.08 Å². The molecule has 0 saturated heterocycles. The first-order valence-electron chi connectivity index (χ1n) is 8.58. The fraction of sp³-hybridized carbons (Fsp3) is 0.526. The van der Waals surface area contributed by atoms with E-state index in [0.29, 0.717) is 18.6 Å². The first-order chi connectivity index (χ1) is 12.1. The predicted molar refractivity (Wildman–Crippen MR) is 96.9 cm³/mol. The maximum absolute atomic E-state index is 12.4. The minimum atomic E-state index is -0.682. The normalized spacial score (nSPS) is 11.5. The molecular weight excluding hydrogens is 338 g/mol. The molecule has 0 bridgehead atoms. The molecule has 0 aliphatic carbocycles. The molecule has 1 rings (SSSR count). The average molecular weight is 365 g/mol. The van der Waals surface area contributed by atoms with Gasteiger partial charge >= 0.3 is 17.9 Å². The third kappa shape index (κ3) is 6.06. The fourth-order valence-corrected chi connectivity index (χ4v) is 2.14. The molecule has 1 aromatic heterocycles. The van der Waals surface area contributed by atoms with Crippen LogP contribution in [0.3, 0.4) is 0 Å². The van der Waals surface area contributed by atoms with Crippen molar-refractivity contribution in [3.05, 3.63) is 28.6 Å². The molecule has 1 heterocycles. The van der Waals surface area contributed by atoms with Gasteiger partial charge in [0.2, 0.25) is 0 Å². The fourth-order valence-electron chi connectivity index (χ4n) is 2.14. The van der Waals surface area contributed by atoms with E-state index in [1.54, 1.807) is 34.6 Å². The zero-order chi connectivity index (χ0) is 19.9. The molecule has 0 atom stereocenters. The number of rotatable bonds is 7. The number of aromatic amines is 1. The largest absolute Gasteiger partial charge is 0.463 e. The zero-order valence-electron chi connectivity index (χ0n) is 16.2. The van der Waals surface area contributed by atoms with E-state index in [1.165, 1.54) is 12.2 Å². The smallest absolute Gasteiger partial charge is 0.355 e. The summed E-state index contributed by atoms with van der Waals surface area (Å²) >= 11 is 0. The van der Waals surface area contributed by atoms with Gasteiger partial charge in [0.1, 0.15) is 11.3 Å². The number of hydrogen-bond donors (Lipinski definition) is 1. The summed E-state index contributed by atoms with van der Waals surface area (Å²) in [7, 11) is 0. The number of carbonyl (C=O) groups excluding carboxylic acids is 3. The summed E-state index contributed by atoms with van der Waals surface area (Å²) in [5.41, 5.74) is 0.338. The van der Waals surface area contributed by atoms with Gasteiger partial charge in [0.15, 0.2) is 0 Å². The lowest BCUT2D eigenvalue weighted by atomic mass is 10.1. The molecule has 0 unspecified atom stereocenters. The highest BCUT2D eigenvalue weighted by molar-refractivity contribution is 6.01. The Balaban J connectivity index is 3.24. The van der Waals surface area contributed by atoms with Crippen LogP contribution >= 0.6 is 0 Å². The highest BCUT2D eigenvalue weighted by atomic mass is 16.6. The van der Waals surface area contributed by atoms with Gasteiger partial charge in [-0.25, -0.2) is 14.4 Å². The number of aromatic nitrogens is 1. The molecule has 0 saturated carbocycles. The Hall–Kier alpha value is -2.57. The minimum absolute atomic E-state index is 0.143. The second-order valence-electron chi connectivity index (χ2n) is 6.64. The van der Waals surface area contributed by atoms with Crippen LogP contribution in [0.1, 0.15) is 73.1 Å². The average Bonchev–Trinajstić information content (AvgIpc) is 2.86. The zero-order valence-corrected chi connectivity index (χ0v) is 16.2. The Morgan fingerprint density at radius 3 is 2.27 bits per heavy atom. The highest BCUT2D eigenvalue weighted by Crippen LogP contribution is 2.23. The highest BCUT2D eigenvalue weighted by Gasteiger charge is 2.27. The quantitative estimate of drug-likeness (QED) is 0.452. The molecule has 0 radical (unpaired) electrons. The summed E-state index contributed by atoms with van der Waals surface area (Å²) in [5.74, 6) is -1.71. The summed E-state index contributed by atoms with van der Waals surface area (Å²) in [6.45, 7) is 10.9. The minimum Gasteiger partial charge on any atom is -0.463 e. The Morgan fingerprint density at radius 1 is 1.08 bits per heavy atom. The van der Waals surface area contributed by atoms with E-state index in [0.717, 1.165) is 0 Å². The van der Waals surface area contributed by atoms with E-state index in [2.05, 4.69) is 4.98 Å². The van der Waals surface area contributed by atoms with Crippen molar-refractivity contribution in [2.75, 3.05) is 13.2 Å². The summed E-state index contributed by atoms with van der Waals surface area (Å²) in [6.07, 6.45) is 3.30. The number of esters is 3. The van der Waals surface area contributed by atoms with E-state index in [9.17, 15) is 14.4 Å². The summed E-state index contributed by atoms with van der Waals surface area (Å²) < 4.78 is 15.4. The lowest BCUT2D eigenvalue weighted by molar-refractivity contribution is -0.137. The van der Waals surface area contributed by atoms with E-state index in [1.807, 2.05) is 6.92 Å². The van der Waals surface area contributed by atoms with Crippen molar-refractivity contribution in [3.63, 3.8) is 0 Å². The molecule has 26 heavy (non-hydrogen) atoms. The predicted octanol–water partition coefficient (Wildman–Crippen LogP) is 3.42. The van der Waals surface area contributed by atoms with E-state index in [-0.39, 0.29) is 23.6 Å². The van der Waals surface area contributed by atoms with Gasteiger partial charge in [0.25, 0.3) is 0 Å². The summed E-state index contributed by atoms with van der Waals surface area (Å²) in [6, 6.07) is 0. The molecule has 0 aliphatic rings. The first kappa shape index (κ1) is 21.5. The third-order valence-electron chi connectivity index (χ3n) is 3.20. The number of nitrogens with one attached hydrogen (secondary N) is 1. The Labute approximate surface area is 153 Å². The lowest BCUT2D eigenvalue weighted by Gasteiger charge is -2.19. The number of carbonyl (C=O) groups is 3. The van der Waals surface area contributed by atoms with Crippen molar-refractivity contribution in [2.24, 2.45) is 0 Å². The van der Waals surface area contributed by atoms with Crippen LogP contribution in [0, 0.1) is 6.92 Å². The topological polar surface area (TPSA) is 94.7 Å². The van der Waals surface area contributed by atoms with Gasteiger partial charge in [-0.1, -0.05) is 6.92 Å². The first-order valence-corrected chi connectivity index (χ1v) is 8.58. The SMILES string of the molecule is CCCOC(=O)/C=C/c1[nH]c(C(=O)OC(C)(C)C)c(C)c1C(=O)OCC. The number of H-pyrrole nitrogens is 1. The molecular formula is C19H27NO6. The standard InChI is InChI=1S/C19H27NO6/c1-7-11-25-14(21)10-9-13-15(17(22)24-8-2)12(3)16(20-13)18(23)26-19(4,5)6/h9-10,20H,7-8,11H2,1-6H3/b10-9+. The molecule has 0 amide bonds. The van der Waals surface area contributed by atoms with Crippen molar-refractivity contribution in [1.82, 2.24) is 4.98 Å². The second-order valence-corrected chi connectivity index (χ2v) is 6.64. The number of hydrogen-bond acceptors (Lipinski definition) is 6. The van der Waals surface area contributed by atoms with Crippen molar-refractivity contribution >= 4 is 24.0 Å². The van der Waals surface area contributed by atoms with E-state index < -0.39 is 23.5 Å². The van der Waals surface area contributed by atoms with Crippen LogP contribution in [-0.2, 0) is 19.0 Å². The van der Waals surface area contributed by atoms with Crippen molar-refractivity contribution in [2.45, 2.75) is 53.6 Å². The van der Waals surface area contributed by atoms with Crippen LogP contribution in [0.4, 0.5) is 0 Å². The molecule has 1 N–H and O–H groups in total. The van der Waals surface area contributed by atoms with Crippen LogP contribution in [0.2, 0.25) is 0 Å². The van der Waals surface area contributed by atoms with E-state index >= 15 is 0 Å². The molecule has 0 aliphatic heterocycles. The molecule has 1 aromatic rings. The van der Waals surface area contributed by atoms with Gasteiger partial charge in [-0.3, -0.25) is 0 Å². The van der Waals surface area contributed by atoms with Crippen molar-refractivity contribution in [3.8, 4) is 0 Å². The molecule has 144 valence electrons. The lowest BCUT2D eigenvalue weighted by Crippen LogP contribution is -2.24. The van der Waals surface area contributed by atoms with Gasteiger partial charge in [0, 0.05) is 6.08 Å². The van der Waals surface area contributed by atoms with Gasteiger partial charge in [0.05, 0.1) is 24.5 Å². The molecule has 7 nitrogen and oxygen atoms in total. The Bertz CT molecular complexity index is 694. The maximum Gasteiger partial charge on any atom is 0.355 e.